The zero-order valence-corrected chi connectivity index (χ0v) is 17.6. The van der Waals surface area contributed by atoms with Crippen LogP contribution in [0.3, 0.4) is 0 Å². The van der Waals surface area contributed by atoms with Crippen LogP contribution in [0.25, 0.3) is 0 Å². The van der Waals surface area contributed by atoms with Crippen molar-refractivity contribution in [3.63, 3.8) is 0 Å². The van der Waals surface area contributed by atoms with Gasteiger partial charge in [0.05, 0.1) is 22.9 Å². The van der Waals surface area contributed by atoms with Gasteiger partial charge in [-0.2, -0.15) is 5.10 Å². The minimum absolute atomic E-state index is 0.147. The molecule has 1 amide bonds. The van der Waals surface area contributed by atoms with E-state index in [1.165, 1.54) is 4.90 Å². The third-order valence-electron chi connectivity index (χ3n) is 6.09. The molecule has 0 saturated carbocycles. The molecule has 2 aliphatic rings. The van der Waals surface area contributed by atoms with Gasteiger partial charge in [-0.25, -0.2) is 4.79 Å². The minimum atomic E-state index is -0.845. The molecule has 2 saturated heterocycles. The maximum atomic E-state index is 11.2. The Balaban J connectivity index is 1.88. The Morgan fingerprint density at radius 1 is 1.19 bits per heavy atom. The van der Waals surface area contributed by atoms with E-state index in [4.69, 9.17) is 19.5 Å². The fourth-order valence-corrected chi connectivity index (χ4v) is 3.64. The van der Waals surface area contributed by atoms with E-state index < -0.39 is 24.4 Å². The van der Waals surface area contributed by atoms with Gasteiger partial charge in [-0.15, -0.1) is 0 Å². The van der Waals surface area contributed by atoms with E-state index in [2.05, 4.69) is 48.5 Å². The van der Waals surface area contributed by atoms with E-state index in [1.807, 2.05) is 10.9 Å². The average Bonchev–Trinajstić information content (AvgIpc) is 3.07. The fourth-order valence-electron chi connectivity index (χ4n) is 3.64. The van der Waals surface area contributed by atoms with Crippen LogP contribution in [-0.2, 0) is 14.7 Å². The zero-order chi connectivity index (χ0) is 20.2. The van der Waals surface area contributed by atoms with Crippen molar-refractivity contribution < 1.29 is 19.2 Å². The van der Waals surface area contributed by atoms with Gasteiger partial charge in [-0.3, -0.25) is 4.68 Å². The molecule has 8 heteroatoms. The molecule has 1 N–H and O–H groups in total. The van der Waals surface area contributed by atoms with E-state index >= 15 is 0 Å². The maximum absolute atomic E-state index is 11.2. The fraction of sp³-hybridized carbons (Fsp3) is 0.789. The number of nitrogens with zero attached hydrogens (tertiary/aromatic N) is 3. The molecule has 1 aromatic rings. The third kappa shape index (κ3) is 3.74. The number of likely N-dealkylation sites (tertiary alicyclic amines) is 1. The zero-order valence-electron chi connectivity index (χ0n) is 17.6. The molecule has 2 aliphatic heterocycles. The standard InChI is InChI=1S/C19H32BN3O4/c1-17(2,3)15-14(20-26-18(4,5)19(6,7)27-20)12-23(21-15)13-8-10-22(11-9-13)16(24)25/h12-13H,8-11H2,1-7H3,(H,24,25). The number of carbonyl (C=O) groups is 1. The summed E-state index contributed by atoms with van der Waals surface area (Å²) in [6.07, 6.45) is 2.73. The highest BCUT2D eigenvalue weighted by Crippen LogP contribution is 2.37. The maximum Gasteiger partial charge on any atom is 0.498 e. The van der Waals surface area contributed by atoms with Crippen molar-refractivity contribution in [1.82, 2.24) is 14.7 Å². The lowest BCUT2D eigenvalue weighted by Crippen LogP contribution is -2.41. The van der Waals surface area contributed by atoms with Gasteiger partial charge in [0.15, 0.2) is 0 Å². The molecular formula is C19H32BN3O4. The van der Waals surface area contributed by atoms with E-state index in [1.54, 1.807) is 0 Å². The number of amides is 1. The molecule has 150 valence electrons. The summed E-state index contributed by atoms with van der Waals surface area (Å²) in [4.78, 5) is 12.6. The lowest BCUT2D eigenvalue weighted by atomic mass is 9.73. The van der Waals surface area contributed by atoms with Crippen molar-refractivity contribution in [2.45, 2.75) is 84.0 Å². The quantitative estimate of drug-likeness (QED) is 0.802. The minimum Gasteiger partial charge on any atom is -0.465 e. The lowest BCUT2D eigenvalue weighted by Gasteiger charge is -2.32. The first-order valence-corrected chi connectivity index (χ1v) is 9.75. The molecule has 2 fully saturated rings. The second-order valence-electron chi connectivity index (χ2n) is 9.75. The smallest absolute Gasteiger partial charge is 0.465 e. The number of carboxylic acid groups (broad SMARTS) is 1. The molecule has 0 aromatic carbocycles. The molecular weight excluding hydrogens is 345 g/mol. The summed E-state index contributed by atoms with van der Waals surface area (Å²) in [6, 6.07) is 0.192. The van der Waals surface area contributed by atoms with Crippen LogP contribution in [-0.4, -0.2) is 57.3 Å². The van der Waals surface area contributed by atoms with Crippen molar-refractivity contribution in [3.8, 4) is 0 Å². The Morgan fingerprint density at radius 2 is 1.70 bits per heavy atom. The average molecular weight is 377 g/mol. The van der Waals surface area contributed by atoms with Crippen LogP contribution in [0.4, 0.5) is 4.79 Å². The van der Waals surface area contributed by atoms with Gasteiger partial charge in [-0.1, -0.05) is 20.8 Å². The second-order valence-corrected chi connectivity index (χ2v) is 9.75. The number of rotatable bonds is 2. The summed E-state index contributed by atoms with van der Waals surface area (Å²) in [5.74, 6) is 0. The Morgan fingerprint density at radius 3 is 2.15 bits per heavy atom. The Labute approximate surface area is 162 Å². The van der Waals surface area contributed by atoms with Crippen LogP contribution >= 0.6 is 0 Å². The summed E-state index contributed by atoms with van der Waals surface area (Å²) in [7, 11) is -0.447. The molecule has 0 aliphatic carbocycles. The van der Waals surface area contributed by atoms with Crippen LogP contribution in [0.15, 0.2) is 6.20 Å². The van der Waals surface area contributed by atoms with E-state index in [9.17, 15) is 4.79 Å². The number of hydrogen-bond acceptors (Lipinski definition) is 4. The van der Waals surface area contributed by atoms with E-state index in [0.717, 1.165) is 24.0 Å². The molecule has 0 bridgehead atoms. The molecule has 7 nitrogen and oxygen atoms in total. The predicted octanol–water partition coefficient (Wildman–Crippen LogP) is 2.79. The van der Waals surface area contributed by atoms with Crippen molar-refractivity contribution in [3.05, 3.63) is 11.9 Å². The first-order chi connectivity index (χ1) is 12.3. The highest BCUT2D eigenvalue weighted by molar-refractivity contribution is 6.62. The summed E-state index contributed by atoms with van der Waals surface area (Å²) < 4.78 is 14.5. The van der Waals surface area contributed by atoms with E-state index in [-0.39, 0.29) is 11.5 Å². The predicted molar refractivity (Wildman–Crippen MR) is 105 cm³/mol. The van der Waals surface area contributed by atoms with Gasteiger partial charge in [-0.05, 0) is 40.5 Å². The van der Waals surface area contributed by atoms with E-state index in [0.29, 0.717) is 13.1 Å². The van der Waals surface area contributed by atoms with Gasteiger partial charge in [0.2, 0.25) is 0 Å². The molecule has 1 aromatic heterocycles. The first kappa shape index (κ1) is 20.2. The molecule has 0 radical (unpaired) electrons. The summed E-state index contributed by atoms with van der Waals surface area (Å²) in [5, 5.41) is 14.1. The molecule has 0 spiro atoms. The van der Waals surface area contributed by atoms with Gasteiger partial charge in [0.25, 0.3) is 0 Å². The van der Waals surface area contributed by atoms with Crippen molar-refractivity contribution >= 4 is 18.7 Å². The summed E-state index contributed by atoms with van der Waals surface area (Å²) >= 11 is 0. The van der Waals surface area contributed by atoms with Crippen LogP contribution in [0.5, 0.6) is 0 Å². The Hall–Kier alpha value is -1.54. The highest BCUT2D eigenvalue weighted by Gasteiger charge is 2.53. The Kier molecular flexibility index (Phi) is 4.88. The van der Waals surface area contributed by atoms with Gasteiger partial charge >= 0.3 is 13.2 Å². The Bertz CT molecular complexity index is 699. The van der Waals surface area contributed by atoms with Crippen molar-refractivity contribution in [2.24, 2.45) is 0 Å². The normalized spacial score (nSPS) is 23.1. The lowest BCUT2D eigenvalue weighted by molar-refractivity contribution is 0.00578. The van der Waals surface area contributed by atoms with Crippen LogP contribution in [0.2, 0.25) is 0 Å². The SMILES string of the molecule is CC(C)(C)c1nn(C2CCN(C(=O)O)CC2)cc1B1OC(C)(C)C(C)(C)O1. The van der Waals surface area contributed by atoms with Gasteiger partial charge in [0, 0.05) is 30.2 Å². The molecule has 3 heterocycles. The number of aromatic nitrogens is 2. The monoisotopic (exact) mass is 377 g/mol. The van der Waals surface area contributed by atoms with Crippen LogP contribution < -0.4 is 5.46 Å². The number of hydrogen-bond donors (Lipinski definition) is 1. The van der Waals surface area contributed by atoms with Crippen molar-refractivity contribution in [1.29, 1.82) is 0 Å². The third-order valence-corrected chi connectivity index (χ3v) is 6.09. The molecule has 0 atom stereocenters. The number of piperidine rings is 1. The second kappa shape index (κ2) is 6.52. The highest BCUT2D eigenvalue weighted by atomic mass is 16.7. The molecule has 27 heavy (non-hydrogen) atoms. The summed E-state index contributed by atoms with van der Waals surface area (Å²) in [5.41, 5.74) is 0.999. The largest absolute Gasteiger partial charge is 0.498 e. The molecule has 0 unspecified atom stereocenters. The van der Waals surface area contributed by atoms with Crippen LogP contribution in [0, 0.1) is 0 Å². The van der Waals surface area contributed by atoms with Crippen LogP contribution in [0.1, 0.15) is 73.0 Å². The van der Waals surface area contributed by atoms with Gasteiger partial charge < -0.3 is 19.3 Å². The summed E-state index contributed by atoms with van der Waals surface area (Å²) in [6.45, 7) is 15.7. The first-order valence-electron chi connectivity index (χ1n) is 9.75. The van der Waals surface area contributed by atoms with Crippen molar-refractivity contribution in [2.75, 3.05) is 13.1 Å². The molecule has 3 rings (SSSR count). The topological polar surface area (TPSA) is 76.8 Å². The van der Waals surface area contributed by atoms with Gasteiger partial charge in [0.1, 0.15) is 0 Å².